The van der Waals surface area contributed by atoms with Crippen LogP contribution in [-0.4, -0.2) is 49.4 Å². The molecule has 1 heterocycles. The second kappa shape index (κ2) is 6.83. The first-order chi connectivity index (χ1) is 9.47. The van der Waals surface area contributed by atoms with Crippen LogP contribution in [0.5, 0.6) is 0 Å². The van der Waals surface area contributed by atoms with Crippen LogP contribution in [0.15, 0.2) is 23.1 Å². The van der Waals surface area contributed by atoms with E-state index in [0.29, 0.717) is 16.5 Å². The number of carbonyl (C=O) groups excluding carboxylic acids is 1. The average molecular weight is 313 g/mol. The van der Waals surface area contributed by atoms with Crippen molar-refractivity contribution in [1.82, 2.24) is 9.80 Å². The largest absolute Gasteiger partial charge is 0.341 e. The molecule has 0 aromatic heterocycles. The summed E-state index contributed by atoms with van der Waals surface area (Å²) < 4.78 is 0. The van der Waals surface area contributed by atoms with Gasteiger partial charge in [0.1, 0.15) is 0 Å². The van der Waals surface area contributed by atoms with Crippen LogP contribution < -0.4 is 0 Å². The third-order valence-corrected chi connectivity index (χ3v) is 4.51. The number of benzene rings is 1. The van der Waals surface area contributed by atoms with Crippen LogP contribution in [0.4, 0.5) is 0 Å². The van der Waals surface area contributed by atoms with Crippen LogP contribution >= 0.6 is 24.2 Å². The van der Waals surface area contributed by atoms with Crippen molar-refractivity contribution < 1.29 is 4.79 Å². The molecule has 1 aromatic rings. The lowest BCUT2D eigenvalue weighted by Gasteiger charge is -2.31. The van der Waals surface area contributed by atoms with E-state index in [-0.39, 0.29) is 5.91 Å². The Bertz CT molecular complexity index is 487. The van der Waals surface area contributed by atoms with Gasteiger partial charge in [0, 0.05) is 18.5 Å². The molecule has 1 aliphatic rings. The van der Waals surface area contributed by atoms with E-state index in [1.54, 1.807) is 23.1 Å². The fourth-order valence-electron chi connectivity index (χ4n) is 2.60. The first-order valence-electron chi connectivity index (χ1n) is 6.90. The minimum Gasteiger partial charge on any atom is -0.341 e. The quantitative estimate of drug-likeness (QED) is 0.867. The highest BCUT2D eigenvalue weighted by Gasteiger charge is 2.22. The second-order valence-corrected chi connectivity index (χ2v) is 6.52. The molecule has 2 rings (SSSR count). The van der Waals surface area contributed by atoms with Crippen molar-refractivity contribution in [2.45, 2.75) is 17.7 Å². The molecule has 20 heavy (non-hydrogen) atoms. The molecule has 0 unspecified atom stereocenters. The number of likely N-dealkylation sites (tertiary alicyclic amines) is 1. The minimum atomic E-state index is -0.0233. The smallest absolute Gasteiger partial charge is 0.255 e. The Morgan fingerprint density at radius 2 is 2.10 bits per heavy atom. The summed E-state index contributed by atoms with van der Waals surface area (Å²) in [6.45, 7) is 3.01. The fraction of sp³-hybridized carbons (Fsp3) is 0.533. The molecule has 1 saturated heterocycles. The van der Waals surface area contributed by atoms with E-state index in [4.69, 9.17) is 11.6 Å². The number of hydrogen-bond acceptors (Lipinski definition) is 3. The Balaban J connectivity index is 1.99. The van der Waals surface area contributed by atoms with Crippen molar-refractivity contribution in [3.05, 3.63) is 28.8 Å². The maximum absolute atomic E-state index is 12.5. The number of amides is 1. The number of nitrogens with zero attached hydrogens (tertiary/aromatic N) is 2. The van der Waals surface area contributed by atoms with Gasteiger partial charge < -0.3 is 9.80 Å². The van der Waals surface area contributed by atoms with Crippen molar-refractivity contribution in [3.63, 3.8) is 0 Å². The molecule has 0 radical (unpaired) electrons. The maximum atomic E-state index is 12.5. The van der Waals surface area contributed by atoms with Gasteiger partial charge in [-0.2, -0.15) is 0 Å². The SMILES string of the molecule is CN1CCC(CN(C)C(=O)c2cc(S)ccc2Cl)CC1. The summed E-state index contributed by atoms with van der Waals surface area (Å²) in [5.41, 5.74) is 0.537. The number of rotatable bonds is 3. The Hall–Kier alpha value is -0.710. The van der Waals surface area contributed by atoms with Gasteiger partial charge in [0.05, 0.1) is 10.6 Å². The van der Waals surface area contributed by atoms with Crippen LogP contribution in [0.1, 0.15) is 23.2 Å². The third kappa shape index (κ3) is 3.90. The first kappa shape index (κ1) is 15.7. The first-order valence-corrected chi connectivity index (χ1v) is 7.72. The summed E-state index contributed by atoms with van der Waals surface area (Å²) in [7, 11) is 3.99. The lowest BCUT2D eigenvalue weighted by molar-refractivity contribution is 0.0747. The molecule has 5 heteroatoms. The number of carbonyl (C=O) groups is 1. The van der Waals surface area contributed by atoms with Gasteiger partial charge in [-0.05, 0) is 57.1 Å². The molecular weight excluding hydrogens is 292 g/mol. The van der Waals surface area contributed by atoms with Crippen molar-refractivity contribution in [1.29, 1.82) is 0 Å². The van der Waals surface area contributed by atoms with Crippen molar-refractivity contribution in [2.75, 3.05) is 33.7 Å². The van der Waals surface area contributed by atoms with Gasteiger partial charge in [-0.3, -0.25) is 4.79 Å². The van der Waals surface area contributed by atoms with E-state index in [0.717, 1.165) is 37.4 Å². The van der Waals surface area contributed by atoms with Crippen molar-refractivity contribution in [3.8, 4) is 0 Å². The average Bonchev–Trinajstić information content (AvgIpc) is 2.43. The zero-order valence-electron chi connectivity index (χ0n) is 12.0. The zero-order chi connectivity index (χ0) is 14.7. The summed E-state index contributed by atoms with van der Waals surface area (Å²) in [4.78, 5) is 17.3. The fourth-order valence-corrected chi connectivity index (χ4v) is 3.00. The summed E-state index contributed by atoms with van der Waals surface area (Å²) in [5.74, 6) is 0.558. The molecule has 1 amide bonds. The standard InChI is InChI=1S/C15H21ClN2OS/c1-17-7-5-11(6-8-17)10-18(2)15(19)13-9-12(20)3-4-14(13)16/h3-4,9,11,20H,5-8,10H2,1-2H3. The maximum Gasteiger partial charge on any atom is 0.255 e. The van der Waals surface area contributed by atoms with Gasteiger partial charge in [-0.1, -0.05) is 11.6 Å². The Labute approximate surface area is 131 Å². The van der Waals surface area contributed by atoms with Crippen LogP contribution in [0.2, 0.25) is 5.02 Å². The number of thiol groups is 1. The van der Waals surface area contributed by atoms with E-state index in [1.165, 1.54) is 0 Å². The monoisotopic (exact) mass is 312 g/mol. The van der Waals surface area contributed by atoms with E-state index in [1.807, 2.05) is 7.05 Å². The predicted octanol–water partition coefficient (Wildman–Crippen LogP) is 3.04. The summed E-state index contributed by atoms with van der Waals surface area (Å²) in [6, 6.07) is 5.25. The van der Waals surface area contributed by atoms with E-state index in [2.05, 4.69) is 24.6 Å². The van der Waals surface area contributed by atoms with Gasteiger partial charge in [-0.25, -0.2) is 0 Å². The zero-order valence-corrected chi connectivity index (χ0v) is 13.6. The summed E-state index contributed by atoms with van der Waals surface area (Å²) >= 11 is 10.4. The predicted molar refractivity (Wildman–Crippen MR) is 85.9 cm³/mol. The van der Waals surface area contributed by atoms with Gasteiger partial charge in [0.25, 0.3) is 5.91 Å². The molecule has 1 aromatic carbocycles. The van der Waals surface area contributed by atoms with E-state index in [9.17, 15) is 4.79 Å². The third-order valence-electron chi connectivity index (χ3n) is 3.90. The molecule has 0 spiro atoms. The van der Waals surface area contributed by atoms with Crippen LogP contribution in [-0.2, 0) is 0 Å². The molecule has 1 fully saturated rings. The summed E-state index contributed by atoms with van der Waals surface area (Å²) in [6.07, 6.45) is 2.29. The highest BCUT2D eigenvalue weighted by Crippen LogP contribution is 2.22. The normalized spacial score (nSPS) is 17.2. The molecule has 110 valence electrons. The topological polar surface area (TPSA) is 23.6 Å². The highest BCUT2D eigenvalue weighted by atomic mass is 35.5. The number of hydrogen-bond donors (Lipinski definition) is 1. The molecule has 3 nitrogen and oxygen atoms in total. The Kier molecular flexibility index (Phi) is 5.35. The molecule has 0 N–H and O–H groups in total. The molecule has 0 atom stereocenters. The van der Waals surface area contributed by atoms with Crippen LogP contribution in [0, 0.1) is 5.92 Å². The summed E-state index contributed by atoms with van der Waals surface area (Å²) in [5, 5.41) is 0.489. The molecular formula is C15H21ClN2OS. The molecule has 0 saturated carbocycles. The lowest BCUT2D eigenvalue weighted by atomic mass is 9.96. The molecule has 0 aliphatic carbocycles. The van der Waals surface area contributed by atoms with Gasteiger partial charge >= 0.3 is 0 Å². The molecule has 1 aliphatic heterocycles. The van der Waals surface area contributed by atoms with Gasteiger partial charge in [-0.15, -0.1) is 12.6 Å². The van der Waals surface area contributed by atoms with Crippen LogP contribution in [0.25, 0.3) is 0 Å². The van der Waals surface area contributed by atoms with Gasteiger partial charge in [0.2, 0.25) is 0 Å². The van der Waals surface area contributed by atoms with E-state index >= 15 is 0 Å². The van der Waals surface area contributed by atoms with Crippen molar-refractivity contribution >= 4 is 30.1 Å². The van der Waals surface area contributed by atoms with Gasteiger partial charge in [0.15, 0.2) is 0 Å². The Morgan fingerprint density at radius 3 is 2.75 bits per heavy atom. The highest BCUT2D eigenvalue weighted by molar-refractivity contribution is 7.80. The molecule has 0 bridgehead atoms. The van der Waals surface area contributed by atoms with Crippen LogP contribution in [0.3, 0.4) is 0 Å². The Morgan fingerprint density at radius 1 is 1.45 bits per heavy atom. The van der Waals surface area contributed by atoms with Crippen molar-refractivity contribution in [2.24, 2.45) is 5.92 Å². The minimum absolute atomic E-state index is 0.0233. The van der Waals surface area contributed by atoms with E-state index < -0.39 is 0 Å². The lowest BCUT2D eigenvalue weighted by Crippen LogP contribution is -2.38. The number of piperidine rings is 1. The second-order valence-electron chi connectivity index (χ2n) is 5.60. The number of halogens is 1.